The van der Waals surface area contributed by atoms with Crippen molar-refractivity contribution in [1.82, 2.24) is 4.98 Å². The van der Waals surface area contributed by atoms with E-state index >= 15 is 0 Å². The molecule has 0 aliphatic carbocycles. The molecule has 0 aromatic carbocycles. The molecule has 0 atom stereocenters. The van der Waals surface area contributed by atoms with Gasteiger partial charge in [0.1, 0.15) is 10.3 Å². The summed E-state index contributed by atoms with van der Waals surface area (Å²) in [6.45, 7) is 7.49. The number of halogens is 4. The quantitative estimate of drug-likeness (QED) is 0.575. The molecule has 0 spiro atoms. The van der Waals surface area contributed by atoms with Crippen LogP contribution in [0.5, 0.6) is 0 Å². The molecule has 0 radical (unpaired) electrons. The van der Waals surface area contributed by atoms with E-state index in [1.54, 1.807) is 0 Å². The van der Waals surface area contributed by atoms with Crippen LogP contribution in [-0.4, -0.2) is 23.3 Å². The second kappa shape index (κ2) is 4.71. The Hall–Kier alpha value is -0.595. The van der Waals surface area contributed by atoms with E-state index in [0.717, 1.165) is 6.07 Å². The second-order valence-corrected chi connectivity index (χ2v) is 6.41. The van der Waals surface area contributed by atoms with E-state index < -0.39 is 30.2 Å². The van der Waals surface area contributed by atoms with Crippen molar-refractivity contribution in [1.29, 1.82) is 0 Å². The monoisotopic (exact) mass is 351 g/mol. The van der Waals surface area contributed by atoms with Gasteiger partial charge in [0.2, 0.25) is 0 Å². The minimum absolute atomic E-state index is 0.0748. The third-order valence-electron chi connectivity index (χ3n) is 3.68. The van der Waals surface area contributed by atoms with Gasteiger partial charge in [0.05, 0.1) is 11.2 Å². The highest BCUT2D eigenvalue weighted by Gasteiger charge is 2.52. The molecule has 2 rings (SSSR count). The van der Waals surface area contributed by atoms with Crippen molar-refractivity contribution in [2.75, 3.05) is 0 Å². The first-order chi connectivity index (χ1) is 8.94. The highest BCUT2D eigenvalue weighted by Crippen LogP contribution is 2.37. The molecule has 20 heavy (non-hydrogen) atoms. The van der Waals surface area contributed by atoms with Crippen molar-refractivity contribution in [2.45, 2.75) is 45.1 Å². The highest BCUT2D eigenvalue weighted by molar-refractivity contribution is 9.10. The summed E-state index contributed by atoms with van der Waals surface area (Å²) in [6.07, 6.45) is -4.48. The average Bonchev–Trinajstić information content (AvgIpc) is 2.46. The largest absolute Gasteiger partial charge is 0.497 e. The molecule has 1 saturated heterocycles. The van der Waals surface area contributed by atoms with E-state index in [1.807, 2.05) is 27.7 Å². The number of pyridine rings is 1. The maximum absolute atomic E-state index is 12.6. The summed E-state index contributed by atoms with van der Waals surface area (Å²) in [6, 6.07) is 2.24. The predicted molar refractivity (Wildman–Crippen MR) is 72.7 cm³/mol. The molecule has 3 nitrogen and oxygen atoms in total. The minimum atomic E-state index is -4.48. The molecule has 0 unspecified atom stereocenters. The van der Waals surface area contributed by atoms with Crippen LogP contribution in [0, 0.1) is 0 Å². The van der Waals surface area contributed by atoms with Crippen LogP contribution in [-0.2, 0) is 15.5 Å². The highest BCUT2D eigenvalue weighted by atomic mass is 79.9. The molecule has 110 valence electrons. The van der Waals surface area contributed by atoms with Crippen LogP contribution >= 0.6 is 15.9 Å². The Morgan fingerprint density at radius 3 is 2.00 bits per heavy atom. The van der Waals surface area contributed by atoms with Gasteiger partial charge in [-0.2, -0.15) is 13.2 Å². The summed E-state index contributed by atoms with van der Waals surface area (Å²) in [7, 11) is -0.746. The van der Waals surface area contributed by atoms with E-state index in [1.165, 1.54) is 6.07 Å². The molecule has 1 aliphatic rings. The van der Waals surface area contributed by atoms with Crippen molar-refractivity contribution in [3.63, 3.8) is 0 Å². The van der Waals surface area contributed by atoms with Crippen LogP contribution < -0.4 is 5.46 Å². The lowest BCUT2D eigenvalue weighted by Crippen LogP contribution is -2.41. The lowest BCUT2D eigenvalue weighted by Gasteiger charge is -2.32. The molecule has 1 aromatic rings. The molecule has 8 heteroatoms. The van der Waals surface area contributed by atoms with Gasteiger partial charge in [-0.15, -0.1) is 0 Å². The van der Waals surface area contributed by atoms with Crippen molar-refractivity contribution >= 4 is 28.5 Å². The van der Waals surface area contributed by atoms with Gasteiger partial charge in [-0.3, -0.25) is 0 Å². The molecule has 0 bridgehead atoms. The fourth-order valence-corrected chi connectivity index (χ4v) is 2.26. The Morgan fingerprint density at radius 2 is 1.60 bits per heavy atom. The van der Waals surface area contributed by atoms with E-state index in [9.17, 15) is 13.2 Å². The van der Waals surface area contributed by atoms with Crippen LogP contribution in [0.2, 0.25) is 0 Å². The number of nitrogens with zero attached hydrogens (tertiary/aromatic N) is 1. The lowest BCUT2D eigenvalue weighted by atomic mass is 9.80. The third kappa shape index (κ3) is 2.73. The molecular formula is C12H14BBrF3NO2. The molecule has 0 amide bonds. The summed E-state index contributed by atoms with van der Waals surface area (Å²) in [5, 5.41) is 0. The van der Waals surface area contributed by atoms with Crippen molar-refractivity contribution < 1.29 is 22.5 Å². The molecule has 2 heterocycles. The predicted octanol–water partition coefficient (Wildman–Crippen LogP) is 3.16. The normalized spacial score (nSPS) is 21.3. The Kier molecular flexibility index (Phi) is 3.72. The van der Waals surface area contributed by atoms with Gasteiger partial charge in [0.15, 0.2) is 0 Å². The molecule has 1 aromatic heterocycles. The van der Waals surface area contributed by atoms with Crippen molar-refractivity contribution in [3.8, 4) is 0 Å². The molecule has 0 N–H and O–H groups in total. The molecule has 1 fully saturated rings. The fraction of sp³-hybridized carbons (Fsp3) is 0.583. The first-order valence-corrected chi connectivity index (χ1v) is 6.83. The van der Waals surface area contributed by atoms with Crippen molar-refractivity contribution in [3.05, 3.63) is 22.4 Å². The average molecular weight is 352 g/mol. The smallest absolute Gasteiger partial charge is 0.399 e. The third-order valence-corrected chi connectivity index (χ3v) is 4.31. The molecular weight excluding hydrogens is 338 g/mol. The zero-order valence-corrected chi connectivity index (χ0v) is 13.1. The Balaban J connectivity index is 2.33. The number of alkyl halides is 3. The van der Waals surface area contributed by atoms with Gasteiger partial charge in [0, 0.05) is 5.46 Å². The van der Waals surface area contributed by atoms with Gasteiger partial charge >= 0.3 is 13.3 Å². The zero-order chi connectivity index (χ0) is 15.3. The second-order valence-electron chi connectivity index (χ2n) is 5.66. The lowest BCUT2D eigenvalue weighted by molar-refractivity contribution is -0.141. The molecule has 1 aliphatic heterocycles. The van der Waals surface area contributed by atoms with Crippen LogP contribution in [0.1, 0.15) is 33.4 Å². The van der Waals surface area contributed by atoms with Gasteiger partial charge < -0.3 is 9.31 Å². The Bertz CT molecular complexity index is 518. The Morgan fingerprint density at radius 1 is 1.10 bits per heavy atom. The maximum atomic E-state index is 12.6. The number of aromatic nitrogens is 1. The summed E-state index contributed by atoms with van der Waals surface area (Å²) in [4.78, 5) is 3.52. The Labute approximate surface area is 124 Å². The van der Waals surface area contributed by atoms with E-state index in [-0.39, 0.29) is 4.60 Å². The topological polar surface area (TPSA) is 31.4 Å². The van der Waals surface area contributed by atoms with E-state index in [4.69, 9.17) is 9.31 Å². The first-order valence-electron chi connectivity index (χ1n) is 6.03. The molecule has 0 saturated carbocycles. The van der Waals surface area contributed by atoms with Crippen LogP contribution in [0.3, 0.4) is 0 Å². The van der Waals surface area contributed by atoms with Crippen LogP contribution in [0.4, 0.5) is 13.2 Å². The SMILES string of the molecule is CC1(C)OB(c2ccc(C(F)(F)F)nc2Br)OC1(C)C. The van der Waals surface area contributed by atoms with Crippen LogP contribution in [0.15, 0.2) is 16.7 Å². The van der Waals surface area contributed by atoms with Gasteiger partial charge in [-0.25, -0.2) is 4.98 Å². The minimum Gasteiger partial charge on any atom is -0.399 e. The zero-order valence-electron chi connectivity index (χ0n) is 11.5. The van der Waals surface area contributed by atoms with E-state index in [2.05, 4.69) is 20.9 Å². The number of hydrogen-bond donors (Lipinski definition) is 0. The van der Waals surface area contributed by atoms with Crippen molar-refractivity contribution in [2.24, 2.45) is 0 Å². The van der Waals surface area contributed by atoms with Gasteiger partial charge in [-0.05, 0) is 49.7 Å². The fourth-order valence-electron chi connectivity index (χ4n) is 1.75. The maximum Gasteiger partial charge on any atom is 0.497 e. The van der Waals surface area contributed by atoms with E-state index in [0.29, 0.717) is 5.46 Å². The standard InChI is InChI=1S/C12H14BBrF3NO2/c1-10(2)11(3,4)20-13(19-10)7-5-6-8(12(15,16)17)18-9(7)14/h5-6H,1-4H3. The van der Waals surface area contributed by atoms with Crippen LogP contribution in [0.25, 0.3) is 0 Å². The number of rotatable bonds is 1. The summed E-state index contributed by atoms with van der Waals surface area (Å²) >= 11 is 3.05. The summed E-state index contributed by atoms with van der Waals surface area (Å²) in [5.41, 5.74) is -1.62. The first kappa shape index (κ1) is 15.8. The summed E-state index contributed by atoms with van der Waals surface area (Å²) in [5.74, 6) is 0. The van der Waals surface area contributed by atoms with Gasteiger partial charge in [0.25, 0.3) is 0 Å². The summed E-state index contributed by atoms with van der Waals surface area (Å²) < 4.78 is 49.4. The number of hydrogen-bond acceptors (Lipinski definition) is 3. The van der Waals surface area contributed by atoms with Gasteiger partial charge in [-0.1, -0.05) is 6.07 Å².